The van der Waals surface area contributed by atoms with Crippen LogP contribution in [0.1, 0.15) is 52.9 Å². The van der Waals surface area contributed by atoms with Crippen molar-refractivity contribution < 1.29 is 24.2 Å². The Kier molecular flexibility index (Phi) is 7.32. The summed E-state index contributed by atoms with van der Waals surface area (Å²) in [6, 6.07) is 0. The molecule has 132 valence electrons. The van der Waals surface area contributed by atoms with E-state index in [0.717, 1.165) is 12.8 Å². The first-order valence-electron chi connectivity index (χ1n) is 8.14. The molecular weight excluding hydrogens is 300 g/mol. The molecule has 1 unspecified atom stereocenters. The highest BCUT2D eigenvalue weighted by Crippen LogP contribution is 2.17. The lowest BCUT2D eigenvalue weighted by Gasteiger charge is -2.33. The van der Waals surface area contributed by atoms with Gasteiger partial charge in [-0.1, -0.05) is 0 Å². The van der Waals surface area contributed by atoms with E-state index in [2.05, 4.69) is 5.32 Å². The number of nitrogens with zero attached hydrogens (tertiary/aromatic N) is 1. The fourth-order valence-electron chi connectivity index (χ4n) is 2.55. The number of likely N-dealkylation sites (tertiary alicyclic amines) is 1. The lowest BCUT2D eigenvalue weighted by atomic mass is 9.97. The van der Waals surface area contributed by atoms with E-state index in [9.17, 15) is 14.4 Å². The number of amides is 2. The number of hydrogen-bond acceptors (Lipinski definition) is 4. The molecule has 23 heavy (non-hydrogen) atoms. The molecule has 0 aromatic rings. The Labute approximate surface area is 137 Å². The van der Waals surface area contributed by atoms with Crippen molar-refractivity contribution in [3.63, 3.8) is 0 Å². The quantitative estimate of drug-likeness (QED) is 0.777. The van der Waals surface area contributed by atoms with Gasteiger partial charge in [-0.05, 0) is 46.0 Å². The van der Waals surface area contributed by atoms with Crippen molar-refractivity contribution in [3.8, 4) is 0 Å². The molecule has 1 heterocycles. The van der Waals surface area contributed by atoms with Gasteiger partial charge in [0.2, 0.25) is 5.91 Å². The van der Waals surface area contributed by atoms with Gasteiger partial charge in [0.05, 0.1) is 0 Å². The number of ether oxygens (including phenoxy) is 1. The third-order valence-electron chi connectivity index (χ3n) is 3.59. The summed E-state index contributed by atoms with van der Waals surface area (Å²) >= 11 is 0. The summed E-state index contributed by atoms with van der Waals surface area (Å²) in [6.07, 6.45) is 2.05. The molecule has 1 aliphatic rings. The van der Waals surface area contributed by atoms with Gasteiger partial charge in [-0.2, -0.15) is 0 Å². The van der Waals surface area contributed by atoms with E-state index in [0.29, 0.717) is 26.1 Å². The van der Waals surface area contributed by atoms with Crippen LogP contribution in [0, 0.1) is 5.92 Å². The maximum atomic E-state index is 12.1. The molecule has 0 aromatic carbocycles. The van der Waals surface area contributed by atoms with E-state index in [1.165, 1.54) is 0 Å². The average molecular weight is 328 g/mol. The fourth-order valence-corrected chi connectivity index (χ4v) is 2.55. The molecule has 2 N–H and O–H groups in total. The van der Waals surface area contributed by atoms with Gasteiger partial charge in [0.1, 0.15) is 5.60 Å². The van der Waals surface area contributed by atoms with Crippen molar-refractivity contribution in [2.75, 3.05) is 19.6 Å². The maximum absolute atomic E-state index is 12.1. The van der Waals surface area contributed by atoms with Crippen molar-refractivity contribution in [1.29, 1.82) is 0 Å². The zero-order valence-electron chi connectivity index (χ0n) is 14.3. The molecular formula is C16H28N2O5. The Morgan fingerprint density at radius 1 is 1.26 bits per heavy atom. The smallest absolute Gasteiger partial charge is 0.407 e. The summed E-state index contributed by atoms with van der Waals surface area (Å²) in [7, 11) is 0. The van der Waals surface area contributed by atoms with E-state index >= 15 is 0 Å². The Morgan fingerprint density at radius 3 is 2.57 bits per heavy atom. The summed E-state index contributed by atoms with van der Waals surface area (Å²) in [5.41, 5.74) is -0.525. The number of carboxylic acids is 1. The number of aliphatic carboxylic acids is 1. The van der Waals surface area contributed by atoms with Crippen LogP contribution in [0.3, 0.4) is 0 Å². The van der Waals surface area contributed by atoms with Crippen molar-refractivity contribution in [3.05, 3.63) is 0 Å². The largest absolute Gasteiger partial charge is 0.481 e. The highest BCUT2D eigenvalue weighted by molar-refractivity contribution is 5.77. The molecule has 0 bridgehead atoms. The van der Waals surface area contributed by atoms with Crippen LogP contribution >= 0.6 is 0 Å². The average Bonchev–Trinajstić information content (AvgIpc) is 2.43. The van der Waals surface area contributed by atoms with E-state index in [1.54, 1.807) is 4.90 Å². The second-order valence-corrected chi connectivity index (χ2v) is 6.98. The van der Waals surface area contributed by atoms with E-state index in [1.807, 2.05) is 20.8 Å². The third kappa shape index (κ3) is 8.42. The molecule has 0 aliphatic carbocycles. The molecule has 0 radical (unpaired) electrons. The number of piperidine rings is 1. The topological polar surface area (TPSA) is 95.9 Å². The summed E-state index contributed by atoms with van der Waals surface area (Å²) in [5.74, 6) is -0.677. The van der Waals surface area contributed by atoms with Gasteiger partial charge in [-0.3, -0.25) is 9.59 Å². The van der Waals surface area contributed by atoms with Crippen molar-refractivity contribution in [2.45, 2.75) is 58.5 Å². The lowest BCUT2D eigenvalue weighted by Crippen LogP contribution is -2.44. The Bertz CT molecular complexity index is 431. The van der Waals surface area contributed by atoms with Crippen LogP contribution in [0.4, 0.5) is 4.79 Å². The highest BCUT2D eigenvalue weighted by atomic mass is 16.6. The number of rotatable bonds is 6. The normalized spacial score (nSPS) is 18.4. The molecule has 7 nitrogen and oxygen atoms in total. The molecule has 2 amide bonds. The summed E-state index contributed by atoms with van der Waals surface area (Å²) < 4.78 is 5.19. The first-order valence-corrected chi connectivity index (χ1v) is 8.14. The number of carbonyl (C=O) groups excluding carboxylic acids is 2. The summed E-state index contributed by atoms with van der Waals surface area (Å²) in [5, 5.41) is 11.4. The molecule has 1 aliphatic heterocycles. The predicted molar refractivity (Wildman–Crippen MR) is 85.0 cm³/mol. The second-order valence-electron chi connectivity index (χ2n) is 6.98. The monoisotopic (exact) mass is 328 g/mol. The number of carbonyl (C=O) groups is 3. The van der Waals surface area contributed by atoms with Crippen LogP contribution in [-0.4, -0.2) is 53.2 Å². The molecule has 7 heteroatoms. The van der Waals surface area contributed by atoms with Gasteiger partial charge < -0.3 is 20.1 Å². The zero-order valence-corrected chi connectivity index (χ0v) is 14.3. The first-order chi connectivity index (χ1) is 10.7. The number of alkyl carbamates (subject to hydrolysis) is 1. The second kappa shape index (κ2) is 8.74. The van der Waals surface area contributed by atoms with Crippen LogP contribution in [-0.2, 0) is 14.3 Å². The van der Waals surface area contributed by atoms with Crippen LogP contribution in [0.5, 0.6) is 0 Å². The van der Waals surface area contributed by atoms with Gasteiger partial charge in [-0.25, -0.2) is 4.79 Å². The highest BCUT2D eigenvalue weighted by Gasteiger charge is 2.24. The van der Waals surface area contributed by atoms with Crippen molar-refractivity contribution >= 4 is 18.0 Å². The SMILES string of the molecule is CC(C)(C)OC(=O)NCC1CCCN(C(=O)CCCC(=O)O)C1. The van der Waals surface area contributed by atoms with Gasteiger partial charge in [0.25, 0.3) is 0 Å². The fraction of sp³-hybridized carbons (Fsp3) is 0.812. The van der Waals surface area contributed by atoms with Crippen molar-refractivity contribution in [1.82, 2.24) is 10.2 Å². The standard InChI is InChI=1S/C16H28N2O5/c1-16(2,3)23-15(22)17-10-12-6-5-9-18(11-12)13(19)7-4-8-14(20)21/h12H,4-11H2,1-3H3,(H,17,22)(H,20,21). The number of carboxylic acid groups (broad SMARTS) is 1. The molecule has 1 atom stereocenters. The lowest BCUT2D eigenvalue weighted by molar-refractivity contribution is -0.137. The van der Waals surface area contributed by atoms with Gasteiger partial charge in [0.15, 0.2) is 0 Å². The summed E-state index contributed by atoms with van der Waals surface area (Å²) in [6.45, 7) is 7.21. The van der Waals surface area contributed by atoms with Crippen LogP contribution in [0.15, 0.2) is 0 Å². The Morgan fingerprint density at radius 2 is 1.96 bits per heavy atom. The minimum Gasteiger partial charge on any atom is -0.481 e. The first kappa shape index (κ1) is 19.3. The van der Waals surface area contributed by atoms with Gasteiger partial charge in [-0.15, -0.1) is 0 Å². The maximum Gasteiger partial charge on any atom is 0.407 e. The number of hydrogen-bond donors (Lipinski definition) is 2. The van der Waals surface area contributed by atoms with Crippen LogP contribution in [0.25, 0.3) is 0 Å². The van der Waals surface area contributed by atoms with E-state index in [-0.39, 0.29) is 24.7 Å². The molecule has 0 aromatic heterocycles. The minimum absolute atomic E-state index is 0.00628. The number of nitrogens with one attached hydrogen (secondary N) is 1. The Balaban J connectivity index is 2.32. The molecule has 1 saturated heterocycles. The Hall–Kier alpha value is -1.79. The van der Waals surface area contributed by atoms with Crippen LogP contribution in [0.2, 0.25) is 0 Å². The molecule has 0 spiro atoms. The third-order valence-corrected chi connectivity index (χ3v) is 3.59. The van der Waals surface area contributed by atoms with E-state index < -0.39 is 17.7 Å². The zero-order chi connectivity index (χ0) is 17.5. The molecule has 0 saturated carbocycles. The van der Waals surface area contributed by atoms with Gasteiger partial charge in [0, 0.05) is 32.5 Å². The van der Waals surface area contributed by atoms with E-state index in [4.69, 9.17) is 9.84 Å². The van der Waals surface area contributed by atoms with Crippen LogP contribution < -0.4 is 5.32 Å². The molecule has 1 fully saturated rings. The predicted octanol–water partition coefficient (Wildman–Crippen LogP) is 2.00. The summed E-state index contributed by atoms with van der Waals surface area (Å²) in [4.78, 5) is 36.0. The minimum atomic E-state index is -0.879. The molecule has 1 rings (SSSR count). The van der Waals surface area contributed by atoms with Gasteiger partial charge >= 0.3 is 12.1 Å². The van der Waals surface area contributed by atoms with Crippen molar-refractivity contribution in [2.24, 2.45) is 5.92 Å².